The zero-order chi connectivity index (χ0) is 26.3. The Morgan fingerprint density at radius 1 is 0.944 bits per heavy atom. The van der Waals surface area contributed by atoms with Crippen LogP contribution in [0.15, 0.2) is 83.8 Å². The number of likely N-dealkylation sites (N-methyl/N-ethyl adjacent to an activating group) is 1. The van der Waals surface area contributed by atoms with E-state index in [0.717, 1.165) is 4.31 Å². The average molecular weight is 548 g/mol. The van der Waals surface area contributed by atoms with Crippen LogP contribution >= 0.6 is 23.2 Å². The summed E-state index contributed by atoms with van der Waals surface area (Å²) >= 11 is 12.5. The van der Waals surface area contributed by atoms with Crippen LogP contribution in [-0.4, -0.2) is 44.3 Å². The summed E-state index contributed by atoms with van der Waals surface area (Å²) in [6.45, 7) is 3.25. The van der Waals surface area contributed by atoms with E-state index in [1.54, 1.807) is 74.5 Å². The molecule has 1 N–H and O–H groups in total. The number of halogens is 2. The normalized spacial score (nSPS) is 12.0. The van der Waals surface area contributed by atoms with E-state index in [-0.39, 0.29) is 28.1 Å². The molecule has 190 valence electrons. The van der Waals surface area contributed by atoms with Gasteiger partial charge in [0.25, 0.3) is 10.0 Å². The molecule has 0 aromatic heterocycles. The van der Waals surface area contributed by atoms with Crippen molar-refractivity contribution in [2.24, 2.45) is 0 Å². The predicted molar refractivity (Wildman–Crippen MR) is 143 cm³/mol. The molecule has 1 unspecified atom stereocenters. The average Bonchev–Trinajstić information content (AvgIpc) is 2.86. The van der Waals surface area contributed by atoms with E-state index >= 15 is 0 Å². The molecule has 1 atom stereocenters. The number of hydrogen-bond acceptors (Lipinski definition) is 4. The minimum atomic E-state index is -4.16. The van der Waals surface area contributed by atoms with Crippen LogP contribution < -0.4 is 9.62 Å². The molecule has 0 aliphatic carbocycles. The predicted octanol–water partition coefficient (Wildman–Crippen LogP) is 4.74. The maximum absolute atomic E-state index is 13.7. The summed E-state index contributed by atoms with van der Waals surface area (Å²) in [7, 11) is -4.16. The van der Waals surface area contributed by atoms with E-state index in [4.69, 9.17) is 23.2 Å². The van der Waals surface area contributed by atoms with E-state index in [9.17, 15) is 18.0 Å². The maximum atomic E-state index is 13.7. The Hall–Kier alpha value is -3.07. The summed E-state index contributed by atoms with van der Waals surface area (Å²) in [5.41, 5.74) is 0.854. The first-order valence-electron chi connectivity index (χ1n) is 11.3. The molecular weight excluding hydrogens is 521 g/mol. The van der Waals surface area contributed by atoms with E-state index in [1.165, 1.54) is 23.1 Å². The van der Waals surface area contributed by atoms with Crippen molar-refractivity contribution in [1.82, 2.24) is 10.2 Å². The summed E-state index contributed by atoms with van der Waals surface area (Å²) in [4.78, 5) is 27.8. The van der Waals surface area contributed by atoms with Gasteiger partial charge in [-0.3, -0.25) is 13.9 Å². The number of nitrogens with one attached hydrogen (secondary N) is 1. The topological polar surface area (TPSA) is 86.8 Å². The number of hydrogen-bond donors (Lipinski definition) is 1. The number of rotatable bonds is 10. The third-order valence-electron chi connectivity index (χ3n) is 5.49. The van der Waals surface area contributed by atoms with E-state index < -0.39 is 28.5 Å². The Morgan fingerprint density at radius 2 is 1.61 bits per heavy atom. The van der Waals surface area contributed by atoms with Gasteiger partial charge < -0.3 is 10.2 Å². The van der Waals surface area contributed by atoms with Gasteiger partial charge in [0.15, 0.2) is 0 Å². The van der Waals surface area contributed by atoms with Crippen molar-refractivity contribution in [2.45, 2.75) is 31.3 Å². The lowest BCUT2D eigenvalue weighted by Crippen LogP contribution is -2.51. The van der Waals surface area contributed by atoms with Gasteiger partial charge in [-0.15, -0.1) is 0 Å². The molecule has 0 saturated carbocycles. The molecule has 2 amide bonds. The highest BCUT2D eigenvalue weighted by Crippen LogP contribution is 2.30. The van der Waals surface area contributed by atoms with Gasteiger partial charge >= 0.3 is 0 Å². The lowest BCUT2D eigenvalue weighted by atomic mass is 10.1. The Balaban J connectivity index is 2.03. The van der Waals surface area contributed by atoms with Crippen molar-refractivity contribution >= 4 is 50.7 Å². The highest BCUT2D eigenvalue weighted by Gasteiger charge is 2.33. The van der Waals surface area contributed by atoms with Gasteiger partial charge in [0.2, 0.25) is 11.8 Å². The third-order valence-corrected chi connectivity index (χ3v) is 7.82. The molecule has 0 bridgehead atoms. The van der Waals surface area contributed by atoms with Crippen molar-refractivity contribution in [2.75, 3.05) is 17.4 Å². The van der Waals surface area contributed by atoms with Crippen molar-refractivity contribution < 1.29 is 18.0 Å². The van der Waals surface area contributed by atoms with Crippen LogP contribution in [0.5, 0.6) is 0 Å². The number of para-hydroxylation sites is 1. The van der Waals surface area contributed by atoms with Crippen LogP contribution in [-0.2, 0) is 26.2 Å². The van der Waals surface area contributed by atoms with Gasteiger partial charge in [0.1, 0.15) is 12.6 Å². The molecule has 3 aromatic rings. The second-order valence-corrected chi connectivity index (χ2v) is 10.7. The molecular formula is C26H27Cl2N3O4S. The highest BCUT2D eigenvalue weighted by molar-refractivity contribution is 7.92. The van der Waals surface area contributed by atoms with Gasteiger partial charge in [0, 0.05) is 18.1 Å². The van der Waals surface area contributed by atoms with Crippen LogP contribution in [0.4, 0.5) is 5.69 Å². The SMILES string of the molecule is CCNC(=O)C(C)N(Cc1cccc(Cl)c1)C(=O)CN(c1ccccc1Cl)S(=O)(=O)c1ccccc1. The number of anilines is 1. The Bertz CT molecular complexity index is 1320. The second-order valence-electron chi connectivity index (χ2n) is 8.00. The number of carbonyl (C=O) groups excluding carboxylic acids is 2. The molecule has 7 nitrogen and oxygen atoms in total. The molecule has 0 heterocycles. The van der Waals surface area contributed by atoms with Gasteiger partial charge in [-0.05, 0) is 55.8 Å². The largest absolute Gasteiger partial charge is 0.355 e. The zero-order valence-corrected chi connectivity index (χ0v) is 22.2. The Morgan fingerprint density at radius 3 is 2.25 bits per heavy atom. The molecule has 10 heteroatoms. The lowest BCUT2D eigenvalue weighted by Gasteiger charge is -2.32. The van der Waals surface area contributed by atoms with E-state index in [2.05, 4.69) is 5.32 Å². The second kappa shape index (κ2) is 12.3. The summed E-state index contributed by atoms with van der Waals surface area (Å²) in [5, 5.41) is 3.37. The third kappa shape index (κ3) is 6.57. The van der Waals surface area contributed by atoms with Gasteiger partial charge in [-0.25, -0.2) is 8.42 Å². The zero-order valence-electron chi connectivity index (χ0n) is 19.9. The van der Waals surface area contributed by atoms with Crippen LogP contribution in [0.3, 0.4) is 0 Å². The Kier molecular flexibility index (Phi) is 9.37. The quantitative estimate of drug-likeness (QED) is 0.397. The standard InChI is InChI=1S/C26H27Cl2N3O4S/c1-3-29-26(33)19(2)30(17-20-10-9-11-21(27)16-20)25(32)18-31(24-15-8-7-14-23(24)28)36(34,35)22-12-5-4-6-13-22/h4-16,19H,3,17-18H2,1-2H3,(H,29,33). The fraction of sp³-hybridized carbons (Fsp3) is 0.231. The minimum absolute atomic E-state index is 0.0101. The highest BCUT2D eigenvalue weighted by atomic mass is 35.5. The van der Waals surface area contributed by atoms with Crippen LogP contribution in [0.25, 0.3) is 0 Å². The van der Waals surface area contributed by atoms with E-state index in [1.807, 2.05) is 0 Å². The molecule has 0 saturated heterocycles. The molecule has 0 spiro atoms. The molecule has 3 rings (SSSR count). The van der Waals surface area contributed by atoms with Crippen LogP contribution in [0.2, 0.25) is 10.0 Å². The van der Waals surface area contributed by atoms with Gasteiger partial charge in [0.05, 0.1) is 15.6 Å². The van der Waals surface area contributed by atoms with Gasteiger partial charge in [-0.2, -0.15) is 0 Å². The molecule has 3 aromatic carbocycles. The number of nitrogens with zero attached hydrogens (tertiary/aromatic N) is 2. The maximum Gasteiger partial charge on any atom is 0.264 e. The first-order chi connectivity index (χ1) is 17.1. The molecule has 0 radical (unpaired) electrons. The first-order valence-corrected chi connectivity index (χ1v) is 13.5. The number of carbonyl (C=O) groups is 2. The van der Waals surface area contributed by atoms with Crippen molar-refractivity contribution in [3.63, 3.8) is 0 Å². The lowest BCUT2D eigenvalue weighted by molar-refractivity contribution is -0.139. The number of amides is 2. The van der Waals surface area contributed by atoms with Crippen molar-refractivity contribution in [3.8, 4) is 0 Å². The monoisotopic (exact) mass is 547 g/mol. The van der Waals surface area contributed by atoms with Crippen molar-refractivity contribution in [1.29, 1.82) is 0 Å². The summed E-state index contributed by atoms with van der Waals surface area (Å²) < 4.78 is 28.3. The summed E-state index contributed by atoms with van der Waals surface area (Å²) in [5.74, 6) is -0.934. The number of benzene rings is 3. The fourth-order valence-corrected chi connectivity index (χ4v) is 5.58. The molecule has 0 aliphatic heterocycles. The van der Waals surface area contributed by atoms with E-state index in [0.29, 0.717) is 17.1 Å². The van der Waals surface area contributed by atoms with Gasteiger partial charge in [-0.1, -0.05) is 65.7 Å². The van der Waals surface area contributed by atoms with Crippen LogP contribution in [0, 0.1) is 0 Å². The first kappa shape index (κ1) is 27.5. The van der Waals surface area contributed by atoms with Crippen molar-refractivity contribution in [3.05, 3.63) is 94.5 Å². The number of sulfonamides is 1. The summed E-state index contributed by atoms with van der Waals surface area (Å²) in [6.07, 6.45) is 0. The molecule has 0 aliphatic rings. The minimum Gasteiger partial charge on any atom is -0.355 e. The van der Waals surface area contributed by atoms with Crippen LogP contribution in [0.1, 0.15) is 19.4 Å². The summed E-state index contributed by atoms with van der Waals surface area (Å²) in [6, 6.07) is 20.2. The Labute approximate surface area is 221 Å². The smallest absolute Gasteiger partial charge is 0.264 e. The fourth-order valence-electron chi connectivity index (χ4n) is 3.62. The molecule has 36 heavy (non-hydrogen) atoms. The molecule has 0 fully saturated rings.